The Hall–Kier alpha value is -2.60. The topological polar surface area (TPSA) is 94.9 Å². The number of ether oxygens (including phenoxy) is 1. The Labute approximate surface area is 155 Å². The van der Waals surface area contributed by atoms with Gasteiger partial charge in [-0.25, -0.2) is 4.99 Å². The van der Waals surface area contributed by atoms with Crippen molar-refractivity contribution in [3.05, 3.63) is 47.9 Å². The molecule has 0 aromatic heterocycles. The molecule has 0 atom stereocenters. The second-order valence-electron chi connectivity index (χ2n) is 6.04. The van der Waals surface area contributed by atoms with E-state index in [4.69, 9.17) is 21.0 Å². The van der Waals surface area contributed by atoms with Crippen LogP contribution in [0.5, 0.6) is 0 Å². The van der Waals surface area contributed by atoms with Crippen LogP contribution in [-0.2, 0) is 4.74 Å². The average molecular weight is 356 g/mol. The second kappa shape index (κ2) is 9.77. The summed E-state index contributed by atoms with van der Waals surface area (Å²) >= 11 is 0. The fraction of sp³-hybridized carbons (Fsp3) is 0.400. The molecule has 6 heteroatoms. The molecule has 26 heavy (non-hydrogen) atoms. The molecule has 0 amide bonds. The molecule has 1 aromatic rings. The molecule has 1 aliphatic rings. The van der Waals surface area contributed by atoms with Crippen LogP contribution < -0.4 is 10.6 Å². The Bertz CT molecular complexity index is 705. The van der Waals surface area contributed by atoms with Crippen molar-refractivity contribution in [1.29, 1.82) is 5.41 Å². The molecule has 140 valence electrons. The van der Waals surface area contributed by atoms with E-state index in [0.717, 1.165) is 30.8 Å². The first-order chi connectivity index (χ1) is 12.6. The van der Waals surface area contributed by atoms with Crippen LogP contribution in [-0.4, -0.2) is 42.8 Å². The summed E-state index contributed by atoms with van der Waals surface area (Å²) in [6, 6.07) is 7.79. The van der Waals surface area contributed by atoms with Gasteiger partial charge in [-0.3, -0.25) is 5.41 Å². The van der Waals surface area contributed by atoms with E-state index >= 15 is 0 Å². The number of likely N-dealkylation sites (N-methyl/N-ethyl adjacent to an activating group) is 1. The number of unbranched alkanes of at least 4 members (excludes halogenated alkanes) is 1. The molecule has 0 unspecified atom stereocenters. The zero-order valence-electron chi connectivity index (χ0n) is 15.5. The fourth-order valence-electron chi connectivity index (χ4n) is 2.60. The maximum atomic E-state index is 9.13. The minimum absolute atomic E-state index is 0.122. The lowest BCUT2D eigenvalue weighted by molar-refractivity contribution is 0.226. The number of aliphatic hydroxyl groups is 1. The summed E-state index contributed by atoms with van der Waals surface area (Å²) in [6.45, 7) is 6.28. The SMILES string of the molecule is CCCCOC1=C/C(=N/c2ccc(N(CC)CCO)cc2)C(N)=CC1=N. The summed E-state index contributed by atoms with van der Waals surface area (Å²) in [5.41, 5.74) is 9.17. The van der Waals surface area contributed by atoms with E-state index in [0.29, 0.717) is 30.3 Å². The Morgan fingerprint density at radius 1 is 1.19 bits per heavy atom. The van der Waals surface area contributed by atoms with Gasteiger partial charge in [0.1, 0.15) is 5.76 Å². The predicted octanol–water partition coefficient (Wildman–Crippen LogP) is 3.15. The maximum absolute atomic E-state index is 9.13. The quantitative estimate of drug-likeness (QED) is 0.468. The number of allylic oxidation sites excluding steroid dienone is 2. The first kappa shape index (κ1) is 19.7. The highest BCUT2D eigenvalue weighted by molar-refractivity contribution is 6.22. The summed E-state index contributed by atoms with van der Waals surface area (Å²) in [5.74, 6) is 0.503. The monoisotopic (exact) mass is 356 g/mol. The number of hydrogen-bond donors (Lipinski definition) is 3. The molecule has 0 saturated heterocycles. The summed E-state index contributed by atoms with van der Waals surface area (Å²) in [7, 11) is 0. The van der Waals surface area contributed by atoms with Gasteiger partial charge in [0.25, 0.3) is 0 Å². The van der Waals surface area contributed by atoms with E-state index in [1.165, 1.54) is 0 Å². The standard InChI is InChI=1S/C20H28N4O2/c1-3-5-12-26-20-14-19(17(21)13-18(20)22)23-15-6-8-16(9-7-15)24(4-2)10-11-25/h6-9,13-14,22,25H,3-5,10-12,21H2,1-2H3/b22-18?,23-19-. The van der Waals surface area contributed by atoms with Crippen molar-refractivity contribution in [1.82, 2.24) is 0 Å². The van der Waals surface area contributed by atoms with Gasteiger partial charge in [0, 0.05) is 24.9 Å². The van der Waals surface area contributed by atoms with Crippen molar-refractivity contribution in [2.75, 3.05) is 31.2 Å². The number of nitrogens with two attached hydrogens (primary N) is 1. The van der Waals surface area contributed by atoms with Gasteiger partial charge < -0.3 is 20.5 Å². The van der Waals surface area contributed by atoms with Gasteiger partial charge in [-0.2, -0.15) is 0 Å². The zero-order chi connectivity index (χ0) is 18.9. The summed E-state index contributed by atoms with van der Waals surface area (Å²) in [5, 5.41) is 17.1. The molecule has 1 aliphatic carbocycles. The van der Waals surface area contributed by atoms with Crippen LogP contribution >= 0.6 is 0 Å². The Kier molecular flexibility index (Phi) is 7.41. The van der Waals surface area contributed by atoms with Crippen LogP contribution in [0.15, 0.2) is 52.9 Å². The lowest BCUT2D eigenvalue weighted by Crippen LogP contribution is -2.25. The number of rotatable bonds is 9. The van der Waals surface area contributed by atoms with Crippen molar-refractivity contribution < 1.29 is 9.84 Å². The average Bonchev–Trinajstić information content (AvgIpc) is 2.64. The largest absolute Gasteiger partial charge is 0.491 e. The van der Waals surface area contributed by atoms with E-state index in [2.05, 4.69) is 23.7 Å². The van der Waals surface area contributed by atoms with Crippen molar-refractivity contribution in [2.24, 2.45) is 10.7 Å². The Balaban J connectivity index is 2.18. The minimum Gasteiger partial charge on any atom is -0.491 e. The van der Waals surface area contributed by atoms with Crippen molar-refractivity contribution in [3.8, 4) is 0 Å². The number of anilines is 1. The van der Waals surface area contributed by atoms with Crippen LogP contribution in [0, 0.1) is 5.41 Å². The molecule has 4 N–H and O–H groups in total. The summed E-state index contributed by atoms with van der Waals surface area (Å²) in [4.78, 5) is 6.68. The van der Waals surface area contributed by atoms with Gasteiger partial charge >= 0.3 is 0 Å². The normalized spacial score (nSPS) is 15.7. The molecular weight excluding hydrogens is 328 g/mol. The summed E-state index contributed by atoms with van der Waals surface area (Å²) < 4.78 is 5.67. The van der Waals surface area contributed by atoms with Crippen LogP contribution in [0.3, 0.4) is 0 Å². The number of benzene rings is 1. The van der Waals surface area contributed by atoms with Gasteiger partial charge in [-0.1, -0.05) is 13.3 Å². The zero-order valence-corrected chi connectivity index (χ0v) is 15.5. The minimum atomic E-state index is 0.122. The van der Waals surface area contributed by atoms with Crippen LogP contribution in [0.2, 0.25) is 0 Å². The molecule has 0 heterocycles. The van der Waals surface area contributed by atoms with Gasteiger partial charge in [0.15, 0.2) is 0 Å². The van der Waals surface area contributed by atoms with Crippen molar-refractivity contribution in [2.45, 2.75) is 26.7 Å². The molecule has 0 aliphatic heterocycles. The lowest BCUT2D eigenvalue weighted by Gasteiger charge is -2.22. The predicted molar refractivity (Wildman–Crippen MR) is 107 cm³/mol. The summed E-state index contributed by atoms with van der Waals surface area (Å²) in [6.07, 6.45) is 5.29. The van der Waals surface area contributed by atoms with E-state index in [-0.39, 0.29) is 12.3 Å². The molecular formula is C20H28N4O2. The highest BCUT2D eigenvalue weighted by Gasteiger charge is 2.15. The van der Waals surface area contributed by atoms with Crippen molar-refractivity contribution in [3.63, 3.8) is 0 Å². The molecule has 2 rings (SSSR count). The molecule has 0 bridgehead atoms. The number of aliphatic hydroxyl groups excluding tert-OH is 1. The van der Waals surface area contributed by atoms with Gasteiger partial charge in [-0.05, 0) is 43.7 Å². The Morgan fingerprint density at radius 3 is 2.54 bits per heavy atom. The van der Waals surface area contributed by atoms with Crippen molar-refractivity contribution >= 4 is 22.8 Å². The second-order valence-corrected chi connectivity index (χ2v) is 6.04. The number of nitrogens with zero attached hydrogens (tertiary/aromatic N) is 2. The maximum Gasteiger partial charge on any atom is 0.146 e. The highest BCUT2D eigenvalue weighted by Crippen LogP contribution is 2.22. The number of hydrogen-bond acceptors (Lipinski definition) is 6. The lowest BCUT2D eigenvalue weighted by atomic mass is 10.1. The highest BCUT2D eigenvalue weighted by atomic mass is 16.5. The Morgan fingerprint density at radius 2 is 1.92 bits per heavy atom. The van der Waals surface area contributed by atoms with Crippen LogP contribution in [0.4, 0.5) is 11.4 Å². The third-order valence-electron chi connectivity index (χ3n) is 4.10. The molecule has 0 spiro atoms. The third-order valence-corrected chi connectivity index (χ3v) is 4.10. The van der Waals surface area contributed by atoms with Gasteiger partial charge in [0.05, 0.1) is 36.0 Å². The van der Waals surface area contributed by atoms with E-state index in [9.17, 15) is 0 Å². The molecule has 0 saturated carbocycles. The van der Waals surface area contributed by atoms with E-state index < -0.39 is 0 Å². The van der Waals surface area contributed by atoms with E-state index in [1.807, 2.05) is 24.3 Å². The third kappa shape index (κ3) is 5.20. The van der Waals surface area contributed by atoms with Gasteiger partial charge in [0.2, 0.25) is 0 Å². The number of nitrogens with one attached hydrogen (secondary N) is 1. The van der Waals surface area contributed by atoms with Gasteiger partial charge in [-0.15, -0.1) is 0 Å². The fourth-order valence-corrected chi connectivity index (χ4v) is 2.60. The molecule has 1 aromatic carbocycles. The molecule has 0 fully saturated rings. The molecule has 0 radical (unpaired) electrons. The van der Waals surface area contributed by atoms with Crippen LogP contribution in [0.1, 0.15) is 26.7 Å². The van der Waals surface area contributed by atoms with E-state index in [1.54, 1.807) is 12.2 Å². The molecule has 6 nitrogen and oxygen atoms in total. The first-order valence-corrected chi connectivity index (χ1v) is 9.04. The van der Waals surface area contributed by atoms with Crippen LogP contribution in [0.25, 0.3) is 0 Å². The first-order valence-electron chi connectivity index (χ1n) is 9.04. The number of aliphatic imine (C=N–C) groups is 1. The smallest absolute Gasteiger partial charge is 0.146 e.